The van der Waals surface area contributed by atoms with E-state index in [1.54, 1.807) is 0 Å². The predicted octanol–water partition coefficient (Wildman–Crippen LogP) is 6.69. The fourth-order valence-corrected chi connectivity index (χ4v) is 2.47. The second-order valence-corrected chi connectivity index (χ2v) is 4.76. The molecule has 0 aromatic heterocycles. The lowest BCUT2D eigenvalue weighted by molar-refractivity contribution is 0.288. The van der Waals surface area contributed by atoms with Gasteiger partial charge in [-0.25, -0.2) is 0 Å². The molecular formula is C16H38. The van der Waals surface area contributed by atoms with Crippen LogP contribution in [0.15, 0.2) is 0 Å². The first-order chi connectivity index (χ1) is 7.16. The highest BCUT2D eigenvalue weighted by Crippen LogP contribution is 2.44. The minimum Gasteiger partial charge on any atom is -0.0776 e. The molecule has 0 spiro atoms. The summed E-state index contributed by atoms with van der Waals surface area (Å²) < 4.78 is 0. The first kappa shape index (κ1) is 21.3. The van der Waals surface area contributed by atoms with Crippen molar-refractivity contribution in [2.45, 2.75) is 94.4 Å². The van der Waals surface area contributed by atoms with Gasteiger partial charge in [0, 0.05) is 0 Å². The largest absolute Gasteiger partial charge is 0.0776 e. The monoisotopic (exact) mass is 230 g/mol. The first-order valence-electron chi connectivity index (χ1n) is 7.16. The molecule has 0 saturated heterocycles. The molecule has 0 heterocycles. The van der Waals surface area contributed by atoms with Gasteiger partial charge in [0.1, 0.15) is 0 Å². The molecule has 0 aromatic rings. The van der Waals surface area contributed by atoms with Crippen molar-refractivity contribution in [2.24, 2.45) is 11.3 Å². The van der Waals surface area contributed by atoms with Crippen LogP contribution in [0.5, 0.6) is 0 Å². The van der Waals surface area contributed by atoms with Gasteiger partial charge in [-0.2, -0.15) is 0 Å². The maximum absolute atomic E-state index is 2.48. The van der Waals surface area contributed by atoms with Gasteiger partial charge >= 0.3 is 0 Å². The summed E-state index contributed by atoms with van der Waals surface area (Å²) in [5.74, 6) is 0.997. The van der Waals surface area contributed by atoms with Crippen molar-refractivity contribution < 1.29 is 0 Å². The number of hydrogen-bond donors (Lipinski definition) is 0. The van der Waals surface area contributed by atoms with Crippen LogP contribution in [-0.4, -0.2) is 0 Å². The highest BCUT2D eigenvalue weighted by atomic mass is 14.4. The molecule has 1 aliphatic carbocycles. The molecule has 0 radical (unpaired) electrons. The Labute approximate surface area is 106 Å². The van der Waals surface area contributed by atoms with Crippen LogP contribution in [0.2, 0.25) is 0 Å². The Hall–Kier alpha value is 0. The minimum absolute atomic E-state index is 0. The highest BCUT2D eigenvalue weighted by Gasteiger charge is 2.31. The van der Waals surface area contributed by atoms with Crippen LogP contribution in [0, 0.1) is 11.3 Å². The Morgan fingerprint density at radius 3 is 1.94 bits per heavy atom. The fraction of sp³-hybridized carbons (Fsp3) is 1.00. The highest BCUT2D eigenvalue weighted by molar-refractivity contribution is 4.83. The summed E-state index contributed by atoms with van der Waals surface area (Å²) in [7, 11) is 0. The maximum atomic E-state index is 2.48. The minimum atomic E-state index is 0. The summed E-state index contributed by atoms with van der Waals surface area (Å²) in [5.41, 5.74) is 0.718. The molecule has 102 valence electrons. The van der Waals surface area contributed by atoms with Gasteiger partial charge in [0.25, 0.3) is 0 Å². The molecule has 1 aliphatic rings. The molecule has 0 aromatic carbocycles. The lowest BCUT2D eigenvalue weighted by Crippen LogP contribution is -2.10. The van der Waals surface area contributed by atoms with E-state index >= 15 is 0 Å². The van der Waals surface area contributed by atoms with Crippen molar-refractivity contribution in [3.05, 3.63) is 0 Å². The van der Waals surface area contributed by atoms with Crippen LogP contribution < -0.4 is 0 Å². The van der Waals surface area contributed by atoms with Crippen LogP contribution in [0.25, 0.3) is 0 Å². The molecular weight excluding hydrogens is 192 g/mol. The second-order valence-electron chi connectivity index (χ2n) is 4.76. The third-order valence-corrected chi connectivity index (χ3v) is 3.22. The number of hydrogen-bond acceptors (Lipinski definition) is 0. The van der Waals surface area contributed by atoms with E-state index in [1.807, 2.05) is 27.7 Å². The maximum Gasteiger partial charge on any atom is -0.0323 e. The van der Waals surface area contributed by atoms with E-state index in [4.69, 9.17) is 0 Å². The third-order valence-electron chi connectivity index (χ3n) is 3.22. The van der Waals surface area contributed by atoms with E-state index < -0.39 is 0 Å². The average molecular weight is 230 g/mol. The van der Waals surface area contributed by atoms with Crippen LogP contribution in [0.4, 0.5) is 0 Å². The normalized spacial score (nSPS) is 26.8. The molecule has 0 nitrogen and oxygen atoms in total. The summed E-state index contributed by atoms with van der Waals surface area (Å²) in [4.78, 5) is 0. The standard InChI is InChI=1S/C11H22.2C2H6.CH4/c1-4-5-7-11(3)8-6-10(2)9-11;2*1-2;/h10H,4-9H2,1-3H3;2*1-2H3;1H4. The lowest BCUT2D eigenvalue weighted by Gasteiger charge is -2.23. The molecule has 1 fully saturated rings. The number of rotatable bonds is 3. The van der Waals surface area contributed by atoms with Crippen LogP contribution in [0.3, 0.4) is 0 Å². The fourth-order valence-electron chi connectivity index (χ4n) is 2.47. The zero-order valence-electron chi connectivity index (χ0n) is 12.3. The van der Waals surface area contributed by atoms with Crippen LogP contribution in [-0.2, 0) is 0 Å². The predicted molar refractivity (Wildman–Crippen MR) is 80.1 cm³/mol. The smallest absolute Gasteiger partial charge is 0.0323 e. The van der Waals surface area contributed by atoms with E-state index in [1.165, 1.54) is 38.5 Å². The first-order valence-corrected chi connectivity index (χ1v) is 7.16. The topological polar surface area (TPSA) is 0 Å². The molecule has 0 aliphatic heterocycles. The van der Waals surface area contributed by atoms with Gasteiger partial charge in [0.2, 0.25) is 0 Å². The molecule has 2 atom stereocenters. The Morgan fingerprint density at radius 2 is 1.62 bits per heavy atom. The Balaban J connectivity index is -0.000000305. The quantitative estimate of drug-likeness (QED) is 0.506. The van der Waals surface area contributed by atoms with Gasteiger partial charge in [-0.1, -0.05) is 75.2 Å². The summed E-state index contributed by atoms with van der Waals surface area (Å²) in [6.07, 6.45) is 8.70. The van der Waals surface area contributed by atoms with Crippen molar-refractivity contribution in [3.63, 3.8) is 0 Å². The van der Waals surface area contributed by atoms with E-state index in [0.717, 1.165) is 11.3 Å². The third kappa shape index (κ3) is 9.24. The lowest BCUT2D eigenvalue weighted by atomic mass is 9.83. The molecule has 0 heteroatoms. The van der Waals surface area contributed by atoms with Gasteiger partial charge in [-0.15, -0.1) is 0 Å². The molecule has 16 heavy (non-hydrogen) atoms. The van der Waals surface area contributed by atoms with Crippen LogP contribution in [0.1, 0.15) is 94.4 Å². The summed E-state index contributed by atoms with van der Waals surface area (Å²) in [6.45, 7) is 15.2. The summed E-state index contributed by atoms with van der Waals surface area (Å²) >= 11 is 0. The Bertz CT molecular complexity index is 117. The summed E-state index contributed by atoms with van der Waals surface area (Å²) in [5, 5.41) is 0. The van der Waals surface area contributed by atoms with Crippen molar-refractivity contribution in [1.82, 2.24) is 0 Å². The summed E-state index contributed by atoms with van der Waals surface area (Å²) in [6, 6.07) is 0. The van der Waals surface area contributed by atoms with Crippen LogP contribution >= 0.6 is 0 Å². The van der Waals surface area contributed by atoms with Gasteiger partial charge in [0.15, 0.2) is 0 Å². The zero-order valence-corrected chi connectivity index (χ0v) is 12.3. The van der Waals surface area contributed by atoms with Crippen molar-refractivity contribution in [3.8, 4) is 0 Å². The van der Waals surface area contributed by atoms with Crippen molar-refractivity contribution in [2.75, 3.05) is 0 Å². The van der Waals surface area contributed by atoms with Crippen molar-refractivity contribution in [1.29, 1.82) is 0 Å². The zero-order chi connectivity index (χ0) is 12.3. The van der Waals surface area contributed by atoms with Crippen molar-refractivity contribution >= 4 is 0 Å². The Kier molecular flexibility index (Phi) is 17.4. The van der Waals surface area contributed by atoms with E-state index in [2.05, 4.69) is 20.8 Å². The Morgan fingerprint density at radius 1 is 1.12 bits per heavy atom. The van der Waals surface area contributed by atoms with E-state index in [9.17, 15) is 0 Å². The molecule has 0 amide bonds. The average Bonchev–Trinajstić information content (AvgIpc) is 2.62. The van der Waals surface area contributed by atoms with Gasteiger partial charge in [-0.05, 0) is 30.6 Å². The van der Waals surface area contributed by atoms with E-state index in [-0.39, 0.29) is 7.43 Å². The molecule has 1 rings (SSSR count). The molecule has 0 N–H and O–H groups in total. The molecule has 0 bridgehead atoms. The number of unbranched alkanes of at least 4 members (excludes halogenated alkanes) is 1. The van der Waals surface area contributed by atoms with Gasteiger partial charge in [-0.3, -0.25) is 0 Å². The molecule has 1 saturated carbocycles. The van der Waals surface area contributed by atoms with E-state index in [0.29, 0.717) is 0 Å². The second kappa shape index (κ2) is 13.1. The SMILES string of the molecule is C.CC.CC.CCCCC1(C)CCC(C)C1. The van der Waals surface area contributed by atoms with Gasteiger partial charge in [0.05, 0.1) is 0 Å². The molecule has 2 unspecified atom stereocenters. The van der Waals surface area contributed by atoms with Gasteiger partial charge < -0.3 is 0 Å².